The van der Waals surface area contributed by atoms with E-state index in [0.29, 0.717) is 17.2 Å². The van der Waals surface area contributed by atoms with E-state index in [1.165, 1.54) is 7.11 Å². The van der Waals surface area contributed by atoms with Crippen molar-refractivity contribution in [1.82, 2.24) is 4.57 Å². The Bertz CT molecular complexity index is 1130. The lowest BCUT2D eigenvalue weighted by Crippen LogP contribution is -1.98. The number of aromatic nitrogens is 1. The van der Waals surface area contributed by atoms with Gasteiger partial charge in [0, 0.05) is 23.9 Å². The van der Waals surface area contributed by atoms with Crippen LogP contribution in [0, 0.1) is 0 Å². The molecule has 4 rings (SSSR count). The molecule has 136 valence electrons. The summed E-state index contributed by atoms with van der Waals surface area (Å²) in [6.45, 7) is 0. The molecule has 0 unspecified atom stereocenters. The summed E-state index contributed by atoms with van der Waals surface area (Å²) in [6, 6.07) is 19.6. The van der Waals surface area contributed by atoms with Gasteiger partial charge in [-0.2, -0.15) is 0 Å². The number of halogens is 1. The number of methoxy groups -OCH3 is 1. The van der Waals surface area contributed by atoms with Crippen LogP contribution in [0.25, 0.3) is 22.2 Å². The summed E-state index contributed by atoms with van der Waals surface area (Å²) < 4.78 is 12.6. The third-order valence-electron chi connectivity index (χ3n) is 4.71. The van der Waals surface area contributed by atoms with Gasteiger partial charge in [0.25, 0.3) is 0 Å². The number of aryl methyl sites for hydroxylation is 1. The Hall–Kier alpha value is -2.98. The summed E-state index contributed by atoms with van der Waals surface area (Å²) >= 11 is 6.23. The Morgan fingerprint density at radius 2 is 1.89 bits per heavy atom. The van der Waals surface area contributed by atoms with Gasteiger partial charge in [0.2, 0.25) is 5.76 Å². The standard InChI is InChI=1S/C22H18ClNO3/c1-24-19-12-15(23)8-10-17(19)18(21(24)14-6-4-3-5-7-14)13-16-9-11-20(27-16)22(25)26-2/h3-12H,13H2,1-2H3. The molecular formula is C22H18ClNO3. The minimum atomic E-state index is -0.478. The molecule has 4 aromatic rings. The van der Waals surface area contributed by atoms with Gasteiger partial charge < -0.3 is 13.7 Å². The fraction of sp³-hybridized carbons (Fsp3) is 0.136. The van der Waals surface area contributed by atoms with Crippen molar-refractivity contribution in [2.75, 3.05) is 7.11 Å². The molecule has 2 aromatic heterocycles. The highest BCUT2D eigenvalue weighted by molar-refractivity contribution is 6.31. The topological polar surface area (TPSA) is 44.4 Å². The summed E-state index contributed by atoms with van der Waals surface area (Å²) in [5, 5.41) is 1.80. The van der Waals surface area contributed by atoms with E-state index in [2.05, 4.69) is 16.7 Å². The van der Waals surface area contributed by atoms with Crippen LogP contribution in [-0.4, -0.2) is 17.6 Å². The van der Waals surface area contributed by atoms with Crippen LogP contribution in [0.4, 0.5) is 0 Å². The number of hydrogen-bond acceptors (Lipinski definition) is 3. The number of carbonyl (C=O) groups is 1. The van der Waals surface area contributed by atoms with Crippen LogP contribution >= 0.6 is 11.6 Å². The van der Waals surface area contributed by atoms with E-state index in [4.69, 9.17) is 20.8 Å². The van der Waals surface area contributed by atoms with Crippen LogP contribution in [-0.2, 0) is 18.2 Å². The normalized spacial score (nSPS) is 11.1. The Kier molecular flexibility index (Phi) is 4.50. The Labute approximate surface area is 161 Å². The molecule has 4 nitrogen and oxygen atoms in total. The Morgan fingerprint density at radius 1 is 1.11 bits per heavy atom. The molecule has 0 aliphatic heterocycles. The molecule has 0 amide bonds. The number of carbonyl (C=O) groups excluding carboxylic acids is 1. The highest BCUT2D eigenvalue weighted by Gasteiger charge is 2.19. The average Bonchev–Trinajstić information content (AvgIpc) is 3.25. The number of esters is 1. The molecule has 0 radical (unpaired) electrons. The van der Waals surface area contributed by atoms with Gasteiger partial charge in [-0.3, -0.25) is 0 Å². The highest BCUT2D eigenvalue weighted by Crippen LogP contribution is 2.36. The molecule has 0 spiro atoms. The number of nitrogens with zero attached hydrogens (tertiary/aromatic N) is 1. The van der Waals surface area contributed by atoms with Gasteiger partial charge >= 0.3 is 5.97 Å². The SMILES string of the molecule is COC(=O)c1ccc(Cc2c(-c3ccccc3)n(C)c3cc(Cl)ccc23)o1. The van der Waals surface area contributed by atoms with Gasteiger partial charge in [-0.25, -0.2) is 4.79 Å². The predicted octanol–water partition coefficient (Wildman–Crippen LogP) is 5.47. The Balaban J connectivity index is 1.88. The molecule has 0 bridgehead atoms. The molecule has 2 aromatic carbocycles. The molecule has 0 fully saturated rings. The lowest BCUT2D eigenvalue weighted by Gasteiger charge is -2.08. The van der Waals surface area contributed by atoms with Crippen LogP contribution < -0.4 is 0 Å². The minimum absolute atomic E-state index is 0.206. The second-order valence-corrected chi connectivity index (χ2v) is 6.78. The van der Waals surface area contributed by atoms with Crippen LogP contribution in [0.15, 0.2) is 65.1 Å². The monoisotopic (exact) mass is 379 g/mol. The fourth-order valence-corrected chi connectivity index (χ4v) is 3.65. The zero-order valence-electron chi connectivity index (χ0n) is 15.0. The molecule has 27 heavy (non-hydrogen) atoms. The van der Waals surface area contributed by atoms with Crippen LogP contribution in [0.2, 0.25) is 5.02 Å². The van der Waals surface area contributed by atoms with E-state index in [1.54, 1.807) is 6.07 Å². The van der Waals surface area contributed by atoms with Crippen molar-refractivity contribution < 1.29 is 13.9 Å². The summed E-state index contributed by atoms with van der Waals surface area (Å²) in [5.41, 5.74) is 4.39. The Morgan fingerprint density at radius 3 is 2.63 bits per heavy atom. The van der Waals surface area contributed by atoms with Gasteiger partial charge in [0.1, 0.15) is 5.76 Å². The first-order valence-corrected chi connectivity index (χ1v) is 8.95. The summed E-state index contributed by atoms with van der Waals surface area (Å²) in [5.74, 6) is 0.432. The zero-order chi connectivity index (χ0) is 19.0. The van der Waals surface area contributed by atoms with Crippen molar-refractivity contribution in [2.45, 2.75) is 6.42 Å². The van der Waals surface area contributed by atoms with Gasteiger partial charge in [-0.05, 0) is 35.4 Å². The highest BCUT2D eigenvalue weighted by atomic mass is 35.5. The van der Waals surface area contributed by atoms with E-state index >= 15 is 0 Å². The van der Waals surface area contributed by atoms with Crippen LogP contribution in [0.1, 0.15) is 21.9 Å². The maximum atomic E-state index is 11.7. The molecule has 5 heteroatoms. The quantitative estimate of drug-likeness (QED) is 0.442. The summed E-state index contributed by atoms with van der Waals surface area (Å²) in [7, 11) is 3.37. The van der Waals surface area contributed by atoms with Gasteiger partial charge in [0.05, 0.1) is 18.3 Å². The first kappa shape index (κ1) is 17.4. The zero-order valence-corrected chi connectivity index (χ0v) is 15.8. The molecule has 0 atom stereocenters. The van der Waals surface area contributed by atoms with Crippen molar-refractivity contribution in [3.63, 3.8) is 0 Å². The van der Waals surface area contributed by atoms with Crippen molar-refractivity contribution in [2.24, 2.45) is 7.05 Å². The van der Waals surface area contributed by atoms with Crippen LogP contribution in [0.3, 0.4) is 0 Å². The largest absolute Gasteiger partial charge is 0.463 e. The average molecular weight is 380 g/mol. The van der Waals surface area contributed by atoms with Gasteiger partial charge in [-0.1, -0.05) is 48.0 Å². The predicted molar refractivity (Wildman–Crippen MR) is 106 cm³/mol. The third-order valence-corrected chi connectivity index (χ3v) is 4.95. The van der Waals surface area contributed by atoms with Gasteiger partial charge in [0.15, 0.2) is 0 Å². The van der Waals surface area contributed by atoms with E-state index in [9.17, 15) is 4.79 Å². The van der Waals surface area contributed by atoms with Gasteiger partial charge in [-0.15, -0.1) is 0 Å². The van der Waals surface area contributed by atoms with Crippen molar-refractivity contribution in [3.8, 4) is 11.3 Å². The molecule has 0 saturated carbocycles. The lowest BCUT2D eigenvalue weighted by molar-refractivity contribution is 0.0563. The second-order valence-electron chi connectivity index (χ2n) is 6.35. The van der Waals surface area contributed by atoms with Crippen LogP contribution in [0.5, 0.6) is 0 Å². The number of hydrogen-bond donors (Lipinski definition) is 0. The van der Waals surface area contributed by atoms with E-state index in [1.807, 2.05) is 49.5 Å². The van der Waals surface area contributed by atoms with E-state index < -0.39 is 5.97 Å². The number of benzene rings is 2. The number of rotatable bonds is 4. The molecule has 0 aliphatic carbocycles. The first-order valence-electron chi connectivity index (χ1n) is 8.57. The van der Waals surface area contributed by atoms with Crippen molar-refractivity contribution >= 4 is 28.5 Å². The molecular weight excluding hydrogens is 362 g/mol. The van der Waals surface area contributed by atoms with Crippen molar-refractivity contribution in [3.05, 3.63) is 82.8 Å². The summed E-state index contributed by atoms with van der Waals surface area (Å²) in [4.78, 5) is 11.7. The third kappa shape index (κ3) is 3.13. The summed E-state index contributed by atoms with van der Waals surface area (Å²) in [6.07, 6.45) is 0.556. The molecule has 0 aliphatic rings. The first-order chi connectivity index (χ1) is 13.1. The number of furan rings is 1. The fourth-order valence-electron chi connectivity index (χ4n) is 3.49. The van der Waals surface area contributed by atoms with E-state index in [0.717, 1.165) is 27.7 Å². The molecule has 2 heterocycles. The number of fused-ring (bicyclic) bond motifs is 1. The minimum Gasteiger partial charge on any atom is -0.463 e. The number of ether oxygens (including phenoxy) is 1. The smallest absolute Gasteiger partial charge is 0.373 e. The maximum Gasteiger partial charge on any atom is 0.373 e. The van der Waals surface area contributed by atoms with E-state index in [-0.39, 0.29) is 5.76 Å². The lowest BCUT2D eigenvalue weighted by atomic mass is 10.0. The maximum absolute atomic E-state index is 11.7. The molecule has 0 saturated heterocycles. The second kappa shape index (κ2) is 6.97. The molecule has 0 N–H and O–H groups in total. The van der Waals surface area contributed by atoms with Crippen molar-refractivity contribution in [1.29, 1.82) is 0 Å².